The van der Waals surface area contributed by atoms with Gasteiger partial charge in [-0.3, -0.25) is 9.78 Å². The minimum absolute atomic E-state index is 0.171. The lowest BCUT2D eigenvalue weighted by Gasteiger charge is -2.15. The van der Waals surface area contributed by atoms with Gasteiger partial charge < -0.3 is 10.0 Å². The van der Waals surface area contributed by atoms with Crippen molar-refractivity contribution < 1.29 is 9.90 Å². The Balaban J connectivity index is 1.96. The van der Waals surface area contributed by atoms with E-state index in [2.05, 4.69) is 29.2 Å². The molecule has 2 aromatic rings. The molecule has 4 nitrogen and oxygen atoms in total. The molecule has 1 N–H and O–H groups in total. The number of pyridine rings is 1. The van der Waals surface area contributed by atoms with Crippen LogP contribution < -0.4 is 0 Å². The van der Waals surface area contributed by atoms with Gasteiger partial charge in [0, 0.05) is 25.5 Å². The van der Waals surface area contributed by atoms with Gasteiger partial charge in [0.2, 0.25) is 0 Å². The average molecular weight is 270 g/mol. The van der Waals surface area contributed by atoms with Crippen LogP contribution in [-0.2, 0) is 11.3 Å². The molecule has 0 aliphatic heterocycles. The minimum atomic E-state index is -0.760. The van der Waals surface area contributed by atoms with E-state index in [1.165, 1.54) is 5.56 Å². The first-order valence-corrected chi connectivity index (χ1v) is 6.55. The molecule has 0 aliphatic carbocycles. The first-order valence-electron chi connectivity index (χ1n) is 6.55. The van der Waals surface area contributed by atoms with Crippen LogP contribution in [0.1, 0.15) is 12.0 Å². The lowest BCUT2D eigenvalue weighted by atomic mass is 10.1. The molecule has 0 spiro atoms. The number of rotatable bonds is 6. The standard InChI is InChI=1S/C16H18N2O2/c1-18(10-8-16(19)20)12-13-4-6-14(7-5-13)15-3-2-9-17-11-15/h2-7,9,11H,8,10,12H2,1H3,(H,19,20). The van der Waals surface area contributed by atoms with Crippen molar-refractivity contribution in [2.45, 2.75) is 13.0 Å². The number of nitrogens with zero attached hydrogens (tertiary/aromatic N) is 2. The Hall–Kier alpha value is -2.20. The van der Waals surface area contributed by atoms with Crippen LogP contribution in [0.3, 0.4) is 0 Å². The van der Waals surface area contributed by atoms with Gasteiger partial charge >= 0.3 is 5.97 Å². The molecule has 1 aromatic heterocycles. The zero-order valence-corrected chi connectivity index (χ0v) is 11.5. The summed E-state index contributed by atoms with van der Waals surface area (Å²) in [6.45, 7) is 1.31. The second-order valence-corrected chi connectivity index (χ2v) is 4.82. The van der Waals surface area contributed by atoms with Gasteiger partial charge in [-0.05, 0) is 29.8 Å². The largest absolute Gasteiger partial charge is 0.481 e. The molecular formula is C16H18N2O2. The highest BCUT2D eigenvalue weighted by atomic mass is 16.4. The van der Waals surface area contributed by atoms with Crippen molar-refractivity contribution in [3.05, 3.63) is 54.4 Å². The molecule has 0 radical (unpaired) electrons. The van der Waals surface area contributed by atoms with Crippen molar-refractivity contribution >= 4 is 5.97 Å². The van der Waals surface area contributed by atoms with E-state index in [4.69, 9.17) is 5.11 Å². The predicted octanol–water partition coefficient (Wildman–Crippen LogP) is 2.66. The summed E-state index contributed by atoms with van der Waals surface area (Å²) in [6.07, 6.45) is 3.77. The minimum Gasteiger partial charge on any atom is -0.481 e. The van der Waals surface area contributed by atoms with Crippen LogP contribution in [-0.4, -0.2) is 34.6 Å². The van der Waals surface area contributed by atoms with Crippen LogP contribution in [0.15, 0.2) is 48.8 Å². The number of carboxylic acid groups (broad SMARTS) is 1. The maximum absolute atomic E-state index is 10.5. The normalized spacial score (nSPS) is 10.7. The fraction of sp³-hybridized carbons (Fsp3) is 0.250. The molecule has 0 unspecified atom stereocenters. The highest BCUT2D eigenvalue weighted by molar-refractivity contribution is 5.66. The summed E-state index contributed by atoms with van der Waals surface area (Å²) < 4.78 is 0. The summed E-state index contributed by atoms with van der Waals surface area (Å²) >= 11 is 0. The third kappa shape index (κ3) is 4.17. The first kappa shape index (κ1) is 14.2. The van der Waals surface area contributed by atoms with Gasteiger partial charge in [-0.2, -0.15) is 0 Å². The molecule has 0 saturated heterocycles. The maximum atomic E-state index is 10.5. The van der Waals surface area contributed by atoms with E-state index in [1.54, 1.807) is 6.20 Å². The van der Waals surface area contributed by atoms with Crippen LogP contribution in [0.4, 0.5) is 0 Å². The first-order chi connectivity index (χ1) is 9.65. The van der Waals surface area contributed by atoms with E-state index < -0.39 is 5.97 Å². The third-order valence-electron chi connectivity index (χ3n) is 3.11. The number of aliphatic carboxylic acids is 1. The van der Waals surface area contributed by atoms with Gasteiger partial charge in [-0.15, -0.1) is 0 Å². The summed E-state index contributed by atoms with van der Waals surface area (Å²) in [6, 6.07) is 12.2. The molecule has 2 rings (SSSR count). The van der Waals surface area contributed by atoms with Crippen molar-refractivity contribution in [3.8, 4) is 11.1 Å². The maximum Gasteiger partial charge on any atom is 0.304 e. The summed E-state index contributed by atoms with van der Waals surface area (Å²) in [4.78, 5) is 16.6. The van der Waals surface area contributed by atoms with Crippen molar-refractivity contribution in [2.24, 2.45) is 0 Å². The second kappa shape index (κ2) is 6.82. The number of carbonyl (C=O) groups is 1. The Kier molecular flexibility index (Phi) is 4.85. The van der Waals surface area contributed by atoms with Gasteiger partial charge in [-0.25, -0.2) is 0 Å². The Labute approximate surface area is 118 Å². The second-order valence-electron chi connectivity index (χ2n) is 4.82. The van der Waals surface area contributed by atoms with Gasteiger partial charge in [0.1, 0.15) is 0 Å². The van der Waals surface area contributed by atoms with Gasteiger partial charge in [-0.1, -0.05) is 30.3 Å². The lowest BCUT2D eigenvalue weighted by molar-refractivity contribution is -0.137. The smallest absolute Gasteiger partial charge is 0.304 e. The molecular weight excluding hydrogens is 252 g/mol. The highest BCUT2D eigenvalue weighted by Crippen LogP contribution is 2.18. The van der Waals surface area contributed by atoms with E-state index in [1.807, 2.05) is 30.3 Å². The number of hydrogen-bond acceptors (Lipinski definition) is 3. The zero-order chi connectivity index (χ0) is 14.4. The lowest BCUT2D eigenvalue weighted by Crippen LogP contribution is -2.21. The Morgan fingerprint density at radius 3 is 2.55 bits per heavy atom. The Bertz CT molecular complexity index is 552. The fourth-order valence-corrected chi connectivity index (χ4v) is 2.01. The van der Waals surface area contributed by atoms with E-state index in [9.17, 15) is 4.79 Å². The summed E-state index contributed by atoms with van der Waals surface area (Å²) in [5.41, 5.74) is 3.40. The molecule has 0 aliphatic rings. The molecule has 0 saturated carbocycles. The fourth-order valence-electron chi connectivity index (χ4n) is 2.01. The van der Waals surface area contributed by atoms with E-state index >= 15 is 0 Å². The Morgan fingerprint density at radius 2 is 1.95 bits per heavy atom. The van der Waals surface area contributed by atoms with E-state index in [0.717, 1.165) is 17.7 Å². The molecule has 0 atom stereocenters. The van der Waals surface area contributed by atoms with E-state index in [0.29, 0.717) is 6.54 Å². The molecule has 1 aromatic carbocycles. The summed E-state index contributed by atoms with van der Waals surface area (Å²) in [7, 11) is 1.93. The number of benzene rings is 1. The molecule has 1 heterocycles. The molecule has 0 bridgehead atoms. The van der Waals surface area contributed by atoms with Gasteiger partial charge in [0.05, 0.1) is 6.42 Å². The molecule has 0 amide bonds. The third-order valence-corrected chi connectivity index (χ3v) is 3.11. The van der Waals surface area contributed by atoms with Crippen LogP contribution in [0.25, 0.3) is 11.1 Å². The molecule has 20 heavy (non-hydrogen) atoms. The van der Waals surface area contributed by atoms with Crippen LogP contribution >= 0.6 is 0 Å². The number of hydrogen-bond donors (Lipinski definition) is 1. The van der Waals surface area contributed by atoms with Crippen molar-refractivity contribution in [1.82, 2.24) is 9.88 Å². The number of aromatic nitrogens is 1. The van der Waals surface area contributed by atoms with Crippen molar-refractivity contribution in [1.29, 1.82) is 0 Å². The highest BCUT2D eigenvalue weighted by Gasteiger charge is 2.04. The van der Waals surface area contributed by atoms with Gasteiger partial charge in [0.25, 0.3) is 0 Å². The average Bonchev–Trinajstić information content (AvgIpc) is 2.47. The van der Waals surface area contributed by atoms with Crippen LogP contribution in [0.5, 0.6) is 0 Å². The molecule has 104 valence electrons. The number of carboxylic acids is 1. The quantitative estimate of drug-likeness (QED) is 0.876. The Morgan fingerprint density at radius 1 is 1.20 bits per heavy atom. The van der Waals surface area contributed by atoms with Gasteiger partial charge in [0.15, 0.2) is 0 Å². The summed E-state index contributed by atoms with van der Waals surface area (Å²) in [5, 5.41) is 8.66. The van der Waals surface area contributed by atoms with Crippen molar-refractivity contribution in [3.63, 3.8) is 0 Å². The zero-order valence-electron chi connectivity index (χ0n) is 11.5. The van der Waals surface area contributed by atoms with Crippen LogP contribution in [0, 0.1) is 0 Å². The monoisotopic (exact) mass is 270 g/mol. The van der Waals surface area contributed by atoms with Crippen molar-refractivity contribution in [2.75, 3.05) is 13.6 Å². The van der Waals surface area contributed by atoms with E-state index in [-0.39, 0.29) is 6.42 Å². The summed E-state index contributed by atoms with van der Waals surface area (Å²) in [5.74, 6) is -0.760. The topological polar surface area (TPSA) is 53.4 Å². The molecule has 4 heteroatoms. The predicted molar refractivity (Wildman–Crippen MR) is 78.3 cm³/mol. The van der Waals surface area contributed by atoms with Crippen LogP contribution in [0.2, 0.25) is 0 Å². The SMILES string of the molecule is CN(CCC(=O)O)Cc1ccc(-c2cccnc2)cc1. The molecule has 0 fully saturated rings.